The Hall–Kier alpha value is -1.41. The van der Waals surface area contributed by atoms with Crippen LogP contribution >= 0.6 is 0 Å². The van der Waals surface area contributed by atoms with E-state index in [1.165, 1.54) is 11.1 Å². The van der Waals surface area contributed by atoms with Gasteiger partial charge in [-0.1, -0.05) is 71.8 Å². The van der Waals surface area contributed by atoms with Crippen molar-refractivity contribution in [2.24, 2.45) is 0 Å². The number of rotatable bonds is 0. The summed E-state index contributed by atoms with van der Waals surface area (Å²) in [7, 11) is -0.611. The minimum atomic E-state index is -0.611. The maximum absolute atomic E-state index is 9.56. The topological polar surface area (TPSA) is 17.1 Å². The zero-order valence-corrected chi connectivity index (χ0v) is 12.4. The fraction of sp³-hybridized carbons (Fsp3) is 0.250. The first-order valence-electron chi connectivity index (χ1n) is 5.80. The summed E-state index contributed by atoms with van der Waals surface area (Å²) in [6.45, 7) is 4.17. The van der Waals surface area contributed by atoms with Crippen LogP contribution in [0.1, 0.15) is 11.1 Å². The maximum atomic E-state index is 9.56. The molecule has 2 rings (SSSR count). The molecule has 0 spiro atoms. The van der Waals surface area contributed by atoms with E-state index in [-0.39, 0.29) is 0 Å². The maximum Gasteiger partial charge on any atom is 0.0148 e. The Bertz CT molecular complexity index is 382. The van der Waals surface area contributed by atoms with Crippen molar-refractivity contribution in [3.63, 3.8) is 0 Å². The van der Waals surface area contributed by atoms with E-state index < -0.39 is 10.8 Å². The minimum absolute atomic E-state index is 0.611. The molecule has 1 nitrogen and oxygen atoms in total. The SMILES string of the molecule is CS(C)=O.Cc1ccccc1.Cc1ccccc1. The molecular weight excluding hydrogens is 240 g/mol. The van der Waals surface area contributed by atoms with Gasteiger partial charge in [-0.15, -0.1) is 0 Å². The van der Waals surface area contributed by atoms with Crippen LogP contribution in [0.2, 0.25) is 0 Å². The molecule has 0 aromatic heterocycles. The van der Waals surface area contributed by atoms with E-state index in [0.29, 0.717) is 0 Å². The zero-order chi connectivity index (χ0) is 13.8. The van der Waals surface area contributed by atoms with Gasteiger partial charge in [-0.3, -0.25) is 4.21 Å². The van der Waals surface area contributed by atoms with Gasteiger partial charge in [0.25, 0.3) is 0 Å². The van der Waals surface area contributed by atoms with Gasteiger partial charge in [0, 0.05) is 23.3 Å². The van der Waals surface area contributed by atoms with Gasteiger partial charge in [0.1, 0.15) is 0 Å². The molecule has 0 N–H and O–H groups in total. The van der Waals surface area contributed by atoms with Crippen LogP contribution in [0, 0.1) is 13.8 Å². The highest BCUT2D eigenvalue weighted by Crippen LogP contribution is 1.92. The van der Waals surface area contributed by atoms with Crippen molar-refractivity contribution in [3.05, 3.63) is 71.8 Å². The van der Waals surface area contributed by atoms with Crippen molar-refractivity contribution >= 4 is 10.8 Å². The average molecular weight is 262 g/mol. The first-order chi connectivity index (χ1) is 8.52. The second-order valence-electron chi connectivity index (χ2n) is 4.05. The Balaban J connectivity index is 0.000000253. The third kappa shape index (κ3) is 12.7. The monoisotopic (exact) mass is 262 g/mol. The molecule has 0 atom stereocenters. The number of benzene rings is 2. The molecule has 0 amide bonds. The van der Waals surface area contributed by atoms with Crippen LogP contribution < -0.4 is 0 Å². The van der Waals surface area contributed by atoms with Gasteiger partial charge < -0.3 is 0 Å². The molecule has 2 aromatic carbocycles. The number of aryl methyl sites for hydroxylation is 2. The Morgan fingerprint density at radius 3 is 1.00 bits per heavy atom. The molecule has 0 aliphatic rings. The smallest absolute Gasteiger partial charge is 0.0148 e. The summed E-state index contributed by atoms with van der Waals surface area (Å²) in [5.41, 5.74) is 2.64. The lowest BCUT2D eigenvalue weighted by atomic mass is 10.2. The van der Waals surface area contributed by atoms with Crippen LogP contribution in [0.5, 0.6) is 0 Å². The zero-order valence-electron chi connectivity index (χ0n) is 11.6. The summed E-state index contributed by atoms with van der Waals surface area (Å²) in [6.07, 6.45) is 3.28. The Labute approximate surface area is 113 Å². The number of hydrogen-bond donors (Lipinski definition) is 0. The molecule has 0 bridgehead atoms. The summed E-state index contributed by atoms with van der Waals surface area (Å²) >= 11 is 0. The Kier molecular flexibility index (Phi) is 9.89. The molecule has 0 fully saturated rings. The van der Waals surface area contributed by atoms with Crippen LogP contribution in [0.25, 0.3) is 0 Å². The highest BCUT2D eigenvalue weighted by atomic mass is 32.2. The van der Waals surface area contributed by atoms with E-state index >= 15 is 0 Å². The van der Waals surface area contributed by atoms with Crippen molar-refractivity contribution in [2.75, 3.05) is 12.5 Å². The summed E-state index contributed by atoms with van der Waals surface area (Å²) in [5, 5.41) is 0. The normalized spacial score (nSPS) is 8.72. The fourth-order valence-corrected chi connectivity index (χ4v) is 1.07. The predicted octanol–water partition coefficient (Wildman–Crippen LogP) is 3.98. The van der Waals surface area contributed by atoms with E-state index in [1.54, 1.807) is 12.5 Å². The van der Waals surface area contributed by atoms with Gasteiger partial charge in [0.15, 0.2) is 0 Å². The highest BCUT2D eigenvalue weighted by molar-refractivity contribution is 7.83. The second-order valence-corrected chi connectivity index (χ2v) is 5.53. The molecule has 0 radical (unpaired) electrons. The van der Waals surface area contributed by atoms with E-state index in [0.717, 1.165) is 0 Å². The second kappa shape index (κ2) is 10.7. The molecule has 0 saturated heterocycles. The fourth-order valence-electron chi connectivity index (χ4n) is 1.07. The summed E-state index contributed by atoms with van der Waals surface area (Å²) in [6, 6.07) is 20.5. The molecule has 2 aromatic rings. The first kappa shape index (κ1) is 16.6. The molecule has 0 aliphatic carbocycles. The minimum Gasteiger partial charge on any atom is -0.260 e. The van der Waals surface area contributed by atoms with Crippen molar-refractivity contribution < 1.29 is 4.21 Å². The van der Waals surface area contributed by atoms with Crippen molar-refractivity contribution in [3.8, 4) is 0 Å². The van der Waals surface area contributed by atoms with Crippen LogP contribution in [-0.2, 0) is 10.8 Å². The van der Waals surface area contributed by atoms with Gasteiger partial charge in [-0.2, -0.15) is 0 Å². The number of hydrogen-bond acceptors (Lipinski definition) is 1. The average Bonchev–Trinajstić information content (AvgIpc) is 2.31. The Morgan fingerprint density at radius 2 is 0.889 bits per heavy atom. The first-order valence-corrected chi connectivity index (χ1v) is 7.77. The van der Waals surface area contributed by atoms with E-state index in [9.17, 15) is 4.21 Å². The lowest BCUT2D eigenvalue weighted by molar-refractivity contribution is 0.690. The van der Waals surface area contributed by atoms with Gasteiger partial charge in [-0.05, 0) is 13.8 Å². The standard InChI is InChI=1S/2C7H8.C2H6OS/c2*1-7-5-3-2-4-6-7;1-4(2)3/h2*2-6H,1H3;1-2H3. The molecule has 0 aliphatic heterocycles. The Morgan fingerprint density at radius 1 is 0.667 bits per heavy atom. The molecule has 0 unspecified atom stereocenters. The lowest BCUT2D eigenvalue weighted by Gasteiger charge is -1.82. The molecule has 18 heavy (non-hydrogen) atoms. The van der Waals surface area contributed by atoms with Crippen LogP contribution in [-0.4, -0.2) is 16.7 Å². The van der Waals surface area contributed by atoms with Gasteiger partial charge in [-0.25, -0.2) is 0 Å². The largest absolute Gasteiger partial charge is 0.260 e. The van der Waals surface area contributed by atoms with Crippen molar-refractivity contribution in [2.45, 2.75) is 13.8 Å². The summed E-state index contributed by atoms with van der Waals surface area (Å²) in [4.78, 5) is 0. The summed E-state index contributed by atoms with van der Waals surface area (Å²) in [5.74, 6) is 0. The van der Waals surface area contributed by atoms with Crippen LogP contribution in [0.4, 0.5) is 0 Å². The van der Waals surface area contributed by atoms with Crippen LogP contribution in [0.3, 0.4) is 0 Å². The molecule has 98 valence electrons. The van der Waals surface area contributed by atoms with E-state index in [4.69, 9.17) is 0 Å². The van der Waals surface area contributed by atoms with E-state index in [1.807, 2.05) is 36.4 Å². The van der Waals surface area contributed by atoms with Gasteiger partial charge in [0.2, 0.25) is 0 Å². The third-order valence-electron chi connectivity index (χ3n) is 1.88. The quantitative estimate of drug-likeness (QED) is 0.701. The van der Waals surface area contributed by atoms with Gasteiger partial charge >= 0.3 is 0 Å². The molecule has 2 heteroatoms. The third-order valence-corrected chi connectivity index (χ3v) is 1.88. The lowest BCUT2D eigenvalue weighted by Crippen LogP contribution is -1.70. The molecule has 0 heterocycles. The van der Waals surface area contributed by atoms with Gasteiger partial charge in [0.05, 0.1) is 0 Å². The highest BCUT2D eigenvalue weighted by Gasteiger charge is 1.72. The molecular formula is C16H22OS. The van der Waals surface area contributed by atoms with E-state index in [2.05, 4.69) is 38.1 Å². The van der Waals surface area contributed by atoms with Crippen molar-refractivity contribution in [1.29, 1.82) is 0 Å². The predicted molar refractivity (Wildman–Crippen MR) is 82.3 cm³/mol. The summed E-state index contributed by atoms with van der Waals surface area (Å²) < 4.78 is 9.56. The molecule has 0 saturated carbocycles. The van der Waals surface area contributed by atoms with Crippen molar-refractivity contribution in [1.82, 2.24) is 0 Å². The van der Waals surface area contributed by atoms with Crippen LogP contribution in [0.15, 0.2) is 60.7 Å².